The molecule has 0 amide bonds. The Morgan fingerprint density at radius 2 is 2.12 bits per heavy atom. The molecule has 0 saturated carbocycles. The second kappa shape index (κ2) is 7.28. The lowest BCUT2D eigenvalue weighted by atomic mass is 10.1. The van der Waals surface area contributed by atoms with Crippen LogP contribution in [-0.4, -0.2) is 26.2 Å². The molecule has 1 aromatic carbocycles. The first kappa shape index (κ1) is 14.0. The molecule has 17 heavy (non-hydrogen) atoms. The molecule has 96 valence electrons. The Kier molecular flexibility index (Phi) is 5.98. The van der Waals surface area contributed by atoms with E-state index in [0.29, 0.717) is 6.04 Å². The standard InChI is InChI=1S/C14H23FN2/c1-4-9-16-11-13(5-2)17(3)14-8-6-7-12(15)10-14/h6-8,10,13,16H,4-5,9,11H2,1-3H3. The summed E-state index contributed by atoms with van der Waals surface area (Å²) in [6, 6.07) is 7.18. The van der Waals surface area contributed by atoms with Gasteiger partial charge in [0.05, 0.1) is 0 Å². The van der Waals surface area contributed by atoms with Crippen molar-refractivity contribution in [3.8, 4) is 0 Å². The summed E-state index contributed by atoms with van der Waals surface area (Å²) in [6.07, 6.45) is 2.18. The minimum absolute atomic E-state index is 0.175. The Balaban J connectivity index is 2.61. The molecule has 1 N–H and O–H groups in total. The fourth-order valence-electron chi connectivity index (χ4n) is 1.91. The predicted octanol–water partition coefficient (Wildman–Crippen LogP) is 3.04. The van der Waals surface area contributed by atoms with Crippen molar-refractivity contribution in [3.05, 3.63) is 30.1 Å². The molecule has 1 aromatic rings. The monoisotopic (exact) mass is 238 g/mol. The summed E-state index contributed by atoms with van der Waals surface area (Å²) in [5.74, 6) is -0.175. The number of halogens is 1. The number of likely N-dealkylation sites (N-methyl/N-ethyl adjacent to an activating group) is 1. The predicted molar refractivity (Wildman–Crippen MR) is 72.0 cm³/mol. The molecule has 0 fully saturated rings. The summed E-state index contributed by atoms with van der Waals surface area (Å²) in [5.41, 5.74) is 0.940. The van der Waals surface area contributed by atoms with Gasteiger partial charge in [-0.2, -0.15) is 0 Å². The van der Waals surface area contributed by atoms with E-state index in [1.807, 2.05) is 13.1 Å². The average Bonchev–Trinajstić information content (AvgIpc) is 2.34. The lowest BCUT2D eigenvalue weighted by Crippen LogP contribution is -2.40. The molecule has 3 heteroatoms. The average molecular weight is 238 g/mol. The number of nitrogens with one attached hydrogen (secondary N) is 1. The molecule has 0 aliphatic rings. The first-order chi connectivity index (χ1) is 8.19. The quantitative estimate of drug-likeness (QED) is 0.734. The van der Waals surface area contributed by atoms with E-state index in [0.717, 1.165) is 31.6 Å². The van der Waals surface area contributed by atoms with Crippen molar-refractivity contribution in [1.29, 1.82) is 0 Å². The van der Waals surface area contributed by atoms with Gasteiger partial charge in [-0.15, -0.1) is 0 Å². The Labute approximate surface area is 104 Å². The van der Waals surface area contributed by atoms with Gasteiger partial charge in [0, 0.05) is 25.3 Å². The highest BCUT2D eigenvalue weighted by atomic mass is 19.1. The zero-order chi connectivity index (χ0) is 12.7. The molecule has 1 rings (SSSR count). The lowest BCUT2D eigenvalue weighted by molar-refractivity contribution is 0.538. The summed E-state index contributed by atoms with van der Waals surface area (Å²) >= 11 is 0. The van der Waals surface area contributed by atoms with Gasteiger partial charge in [-0.3, -0.25) is 0 Å². The minimum atomic E-state index is -0.175. The van der Waals surface area contributed by atoms with E-state index < -0.39 is 0 Å². The van der Waals surface area contributed by atoms with Crippen molar-refractivity contribution in [1.82, 2.24) is 5.32 Å². The Morgan fingerprint density at radius 1 is 1.35 bits per heavy atom. The first-order valence-electron chi connectivity index (χ1n) is 6.38. The zero-order valence-electron chi connectivity index (χ0n) is 11.0. The number of hydrogen-bond acceptors (Lipinski definition) is 2. The summed E-state index contributed by atoms with van der Waals surface area (Å²) in [5, 5.41) is 3.42. The first-order valence-corrected chi connectivity index (χ1v) is 6.38. The van der Waals surface area contributed by atoms with Crippen molar-refractivity contribution in [2.45, 2.75) is 32.7 Å². The number of hydrogen-bond donors (Lipinski definition) is 1. The van der Waals surface area contributed by atoms with E-state index in [-0.39, 0.29) is 5.82 Å². The smallest absolute Gasteiger partial charge is 0.125 e. The molecule has 0 radical (unpaired) electrons. The van der Waals surface area contributed by atoms with Crippen LogP contribution in [-0.2, 0) is 0 Å². The van der Waals surface area contributed by atoms with Crippen LogP contribution in [0.25, 0.3) is 0 Å². The van der Waals surface area contributed by atoms with Crippen LogP contribution in [0.3, 0.4) is 0 Å². The highest BCUT2D eigenvalue weighted by molar-refractivity contribution is 5.46. The third kappa shape index (κ3) is 4.35. The van der Waals surface area contributed by atoms with Crippen LogP contribution in [0.5, 0.6) is 0 Å². The van der Waals surface area contributed by atoms with Gasteiger partial charge >= 0.3 is 0 Å². The third-order valence-corrected chi connectivity index (χ3v) is 3.04. The molecule has 2 nitrogen and oxygen atoms in total. The maximum atomic E-state index is 13.2. The second-order valence-electron chi connectivity index (χ2n) is 4.36. The normalized spacial score (nSPS) is 12.5. The van der Waals surface area contributed by atoms with Crippen LogP contribution in [0.2, 0.25) is 0 Å². The van der Waals surface area contributed by atoms with Crippen LogP contribution < -0.4 is 10.2 Å². The van der Waals surface area contributed by atoms with Gasteiger partial charge in [-0.25, -0.2) is 4.39 Å². The highest BCUT2D eigenvalue weighted by Gasteiger charge is 2.13. The Morgan fingerprint density at radius 3 is 2.71 bits per heavy atom. The van der Waals surface area contributed by atoms with E-state index in [1.54, 1.807) is 12.1 Å². The lowest BCUT2D eigenvalue weighted by Gasteiger charge is -2.29. The molecule has 1 atom stereocenters. The van der Waals surface area contributed by atoms with Crippen molar-refractivity contribution < 1.29 is 4.39 Å². The SMILES string of the molecule is CCCNCC(CC)N(C)c1cccc(F)c1. The number of anilines is 1. The van der Waals surface area contributed by atoms with Crippen molar-refractivity contribution in [2.75, 3.05) is 25.0 Å². The van der Waals surface area contributed by atoms with Crippen molar-refractivity contribution in [2.24, 2.45) is 0 Å². The summed E-state index contributed by atoms with van der Waals surface area (Å²) in [6.45, 7) is 6.29. The van der Waals surface area contributed by atoms with Gasteiger partial charge in [-0.1, -0.05) is 19.9 Å². The Bertz CT molecular complexity index is 328. The summed E-state index contributed by atoms with van der Waals surface area (Å²) in [4.78, 5) is 2.14. The van der Waals surface area contributed by atoms with Crippen LogP contribution in [0, 0.1) is 5.82 Å². The van der Waals surface area contributed by atoms with Crippen molar-refractivity contribution >= 4 is 5.69 Å². The van der Waals surface area contributed by atoms with Gasteiger partial charge < -0.3 is 10.2 Å². The van der Waals surface area contributed by atoms with Gasteiger partial charge in [0.25, 0.3) is 0 Å². The number of nitrogens with zero attached hydrogens (tertiary/aromatic N) is 1. The molecular formula is C14H23FN2. The fourth-order valence-corrected chi connectivity index (χ4v) is 1.91. The highest BCUT2D eigenvalue weighted by Crippen LogP contribution is 2.17. The van der Waals surface area contributed by atoms with E-state index >= 15 is 0 Å². The molecular weight excluding hydrogens is 215 g/mol. The molecule has 0 saturated heterocycles. The summed E-state index contributed by atoms with van der Waals surface area (Å²) < 4.78 is 13.2. The van der Waals surface area contributed by atoms with E-state index in [2.05, 4.69) is 24.1 Å². The third-order valence-electron chi connectivity index (χ3n) is 3.04. The Hall–Kier alpha value is -1.09. The molecule has 0 heterocycles. The number of rotatable bonds is 7. The van der Waals surface area contributed by atoms with E-state index in [1.165, 1.54) is 6.07 Å². The van der Waals surface area contributed by atoms with Gasteiger partial charge in [0.15, 0.2) is 0 Å². The van der Waals surface area contributed by atoms with Crippen molar-refractivity contribution in [3.63, 3.8) is 0 Å². The minimum Gasteiger partial charge on any atom is -0.370 e. The topological polar surface area (TPSA) is 15.3 Å². The van der Waals surface area contributed by atoms with Gasteiger partial charge in [0.1, 0.15) is 5.82 Å². The molecule has 0 spiro atoms. The largest absolute Gasteiger partial charge is 0.370 e. The van der Waals surface area contributed by atoms with Gasteiger partial charge in [0.2, 0.25) is 0 Å². The summed E-state index contributed by atoms with van der Waals surface area (Å²) in [7, 11) is 2.02. The number of benzene rings is 1. The van der Waals surface area contributed by atoms with Crippen LogP contribution in [0.15, 0.2) is 24.3 Å². The fraction of sp³-hybridized carbons (Fsp3) is 0.571. The van der Waals surface area contributed by atoms with Gasteiger partial charge in [-0.05, 0) is 37.6 Å². The zero-order valence-corrected chi connectivity index (χ0v) is 11.0. The molecule has 0 aromatic heterocycles. The molecule has 0 aliphatic heterocycles. The molecule has 1 unspecified atom stereocenters. The molecule has 0 bridgehead atoms. The maximum absolute atomic E-state index is 13.2. The van der Waals surface area contributed by atoms with Crippen LogP contribution in [0.1, 0.15) is 26.7 Å². The van der Waals surface area contributed by atoms with Crippen LogP contribution in [0.4, 0.5) is 10.1 Å². The maximum Gasteiger partial charge on any atom is 0.125 e. The second-order valence-corrected chi connectivity index (χ2v) is 4.36. The van der Waals surface area contributed by atoms with Crippen LogP contribution >= 0.6 is 0 Å². The van der Waals surface area contributed by atoms with E-state index in [9.17, 15) is 4.39 Å². The molecule has 0 aliphatic carbocycles. The van der Waals surface area contributed by atoms with E-state index in [4.69, 9.17) is 0 Å².